The first-order valence-corrected chi connectivity index (χ1v) is 11.5. The summed E-state index contributed by atoms with van der Waals surface area (Å²) < 4.78 is 29.9. The van der Waals surface area contributed by atoms with Crippen LogP contribution in [0.2, 0.25) is 5.02 Å². The predicted octanol–water partition coefficient (Wildman–Crippen LogP) is 4.62. The van der Waals surface area contributed by atoms with Crippen LogP contribution in [0.4, 0.5) is 0 Å². The molecular weight excluding hydrogens is 490 g/mol. The lowest BCUT2D eigenvalue weighted by atomic mass is 10.2. The molecule has 1 heterocycles. The Balaban J connectivity index is 1.67. The highest BCUT2D eigenvalue weighted by molar-refractivity contribution is 9.10. The standard InChI is InChI=1S/C21H15BrClN3O3S/c22-15-7-5-14(6-8-15)13-26-19-4-2-1-3-18(19)20(24-26)21(27)25-30(28,29)17-11-9-16(23)10-12-17/h1-12H,13H2,(H,25,27). The summed E-state index contributed by atoms with van der Waals surface area (Å²) in [6.07, 6.45) is 0. The maximum Gasteiger partial charge on any atom is 0.286 e. The number of para-hydroxylation sites is 1. The molecule has 30 heavy (non-hydrogen) atoms. The highest BCUT2D eigenvalue weighted by Crippen LogP contribution is 2.21. The molecule has 0 bridgehead atoms. The van der Waals surface area contributed by atoms with Gasteiger partial charge in [0.05, 0.1) is 17.0 Å². The highest BCUT2D eigenvalue weighted by Gasteiger charge is 2.23. The Bertz CT molecular complexity index is 1330. The summed E-state index contributed by atoms with van der Waals surface area (Å²) in [5.74, 6) is -0.796. The Morgan fingerprint density at radius 1 is 1.00 bits per heavy atom. The van der Waals surface area contributed by atoms with Crippen molar-refractivity contribution in [2.45, 2.75) is 11.4 Å². The van der Waals surface area contributed by atoms with Crippen molar-refractivity contribution >= 4 is 54.4 Å². The molecule has 4 rings (SSSR count). The van der Waals surface area contributed by atoms with Crippen LogP contribution < -0.4 is 4.72 Å². The molecule has 0 atom stereocenters. The van der Waals surface area contributed by atoms with Crippen LogP contribution in [-0.4, -0.2) is 24.1 Å². The first-order valence-electron chi connectivity index (χ1n) is 8.86. The van der Waals surface area contributed by atoms with Gasteiger partial charge in [-0.05, 0) is 48.0 Å². The van der Waals surface area contributed by atoms with E-state index in [0.717, 1.165) is 15.6 Å². The molecule has 0 saturated carbocycles. The van der Waals surface area contributed by atoms with Gasteiger partial charge in [0.1, 0.15) is 0 Å². The molecule has 1 amide bonds. The number of nitrogens with zero attached hydrogens (tertiary/aromatic N) is 2. The topological polar surface area (TPSA) is 81.1 Å². The first-order chi connectivity index (χ1) is 14.3. The molecule has 152 valence electrons. The predicted molar refractivity (Wildman–Crippen MR) is 119 cm³/mol. The molecule has 0 aliphatic rings. The number of carbonyl (C=O) groups excluding carboxylic acids is 1. The lowest BCUT2D eigenvalue weighted by Gasteiger charge is -2.06. The van der Waals surface area contributed by atoms with Crippen LogP contribution in [0.25, 0.3) is 10.9 Å². The van der Waals surface area contributed by atoms with Crippen molar-refractivity contribution in [1.29, 1.82) is 0 Å². The van der Waals surface area contributed by atoms with Gasteiger partial charge in [-0.3, -0.25) is 9.48 Å². The number of rotatable bonds is 5. The SMILES string of the molecule is O=C(NS(=O)(=O)c1ccc(Cl)cc1)c1nn(Cc2ccc(Br)cc2)c2ccccc12. The molecule has 0 spiro atoms. The summed E-state index contributed by atoms with van der Waals surface area (Å²) in [4.78, 5) is 12.8. The molecule has 1 aromatic heterocycles. The zero-order chi connectivity index (χ0) is 21.3. The zero-order valence-electron chi connectivity index (χ0n) is 15.4. The molecular formula is C21H15BrClN3O3S. The van der Waals surface area contributed by atoms with E-state index in [9.17, 15) is 13.2 Å². The van der Waals surface area contributed by atoms with Crippen LogP contribution in [0.15, 0.2) is 82.2 Å². The molecule has 0 aliphatic heterocycles. The van der Waals surface area contributed by atoms with E-state index in [2.05, 4.69) is 25.8 Å². The van der Waals surface area contributed by atoms with E-state index >= 15 is 0 Å². The van der Waals surface area contributed by atoms with E-state index in [4.69, 9.17) is 11.6 Å². The van der Waals surface area contributed by atoms with Crippen molar-refractivity contribution in [3.05, 3.63) is 93.5 Å². The normalized spacial score (nSPS) is 11.5. The summed E-state index contributed by atoms with van der Waals surface area (Å²) >= 11 is 9.21. The minimum Gasteiger partial charge on any atom is -0.266 e. The van der Waals surface area contributed by atoms with Crippen molar-refractivity contribution in [1.82, 2.24) is 14.5 Å². The van der Waals surface area contributed by atoms with Crippen molar-refractivity contribution in [2.24, 2.45) is 0 Å². The van der Waals surface area contributed by atoms with E-state index in [1.54, 1.807) is 16.8 Å². The molecule has 0 unspecified atom stereocenters. The number of hydrogen-bond donors (Lipinski definition) is 1. The van der Waals surface area contributed by atoms with Gasteiger partial charge in [0.2, 0.25) is 0 Å². The number of aromatic nitrogens is 2. The van der Waals surface area contributed by atoms with E-state index in [-0.39, 0.29) is 10.6 Å². The van der Waals surface area contributed by atoms with Gasteiger partial charge >= 0.3 is 0 Å². The second-order valence-electron chi connectivity index (χ2n) is 6.54. The number of fused-ring (bicyclic) bond motifs is 1. The molecule has 3 aromatic carbocycles. The summed E-state index contributed by atoms with van der Waals surface area (Å²) in [5, 5.41) is 5.38. The molecule has 0 aliphatic carbocycles. The average Bonchev–Trinajstić information content (AvgIpc) is 3.08. The minimum absolute atomic E-state index is 0.0419. The smallest absolute Gasteiger partial charge is 0.266 e. The number of nitrogens with one attached hydrogen (secondary N) is 1. The molecule has 9 heteroatoms. The molecule has 0 radical (unpaired) electrons. The Kier molecular flexibility index (Phi) is 5.64. The monoisotopic (exact) mass is 503 g/mol. The fourth-order valence-corrected chi connectivity index (χ4v) is 4.36. The van der Waals surface area contributed by atoms with Gasteiger partial charge in [-0.15, -0.1) is 0 Å². The molecule has 1 N–H and O–H groups in total. The van der Waals surface area contributed by atoms with Gasteiger partial charge in [0.15, 0.2) is 5.69 Å². The Labute approximate surface area is 186 Å². The fourth-order valence-electron chi connectivity index (χ4n) is 3.02. The van der Waals surface area contributed by atoms with Gasteiger partial charge in [-0.1, -0.05) is 57.9 Å². The third-order valence-electron chi connectivity index (χ3n) is 4.47. The maximum absolute atomic E-state index is 12.8. The maximum atomic E-state index is 12.8. The minimum atomic E-state index is -4.06. The van der Waals surface area contributed by atoms with Crippen LogP contribution in [0.5, 0.6) is 0 Å². The third-order valence-corrected chi connectivity index (χ3v) is 6.60. The Morgan fingerprint density at radius 3 is 2.37 bits per heavy atom. The first kappa shape index (κ1) is 20.6. The van der Waals surface area contributed by atoms with Crippen LogP contribution in [0, 0.1) is 0 Å². The van der Waals surface area contributed by atoms with Gasteiger partial charge in [-0.2, -0.15) is 5.10 Å². The largest absolute Gasteiger partial charge is 0.286 e. The van der Waals surface area contributed by atoms with Crippen molar-refractivity contribution in [2.75, 3.05) is 0 Å². The number of halogens is 2. The Hall–Kier alpha value is -2.68. The lowest BCUT2D eigenvalue weighted by molar-refractivity contribution is 0.0977. The number of hydrogen-bond acceptors (Lipinski definition) is 4. The summed E-state index contributed by atoms with van der Waals surface area (Å²) in [6, 6.07) is 20.5. The molecule has 4 aromatic rings. The number of sulfonamides is 1. The average molecular weight is 505 g/mol. The van der Waals surface area contributed by atoms with Crippen LogP contribution in [-0.2, 0) is 16.6 Å². The zero-order valence-corrected chi connectivity index (χ0v) is 18.6. The third kappa shape index (κ3) is 4.26. The van der Waals surface area contributed by atoms with Crippen LogP contribution in [0.1, 0.15) is 16.1 Å². The second kappa shape index (κ2) is 8.22. The van der Waals surface area contributed by atoms with Crippen molar-refractivity contribution in [3.63, 3.8) is 0 Å². The molecule has 0 saturated heterocycles. The van der Waals surface area contributed by atoms with E-state index < -0.39 is 15.9 Å². The van der Waals surface area contributed by atoms with Gasteiger partial charge in [0.25, 0.3) is 15.9 Å². The summed E-state index contributed by atoms with van der Waals surface area (Å²) in [6.45, 7) is 0.436. The quantitative estimate of drug-likeness (QED) is 0.430. The van der Waals surface area contributed by atoms with Gasteiger partial charge in [-0.25, -0.2) is 13.1 Å². The lowest BCUT2D eigenvalue weighted by Crippen LogP contribution is -2.31. The van der Waals surface area contributed by atoms with Crippen molar-refractivity contribution < 1.29 is 13.2 Å². The number of benzene rings is 3. The molecule has 0 fully saturated rings. The van der Waals surface area contributed by atoms with Crippen molar-refractivity contribution in [3.8, 4) is 0 Å². The van der Waals surface area contributed by atoms with E-state index in [0.29, 0.717) is 17.0 Å². The summed E-state index contributed by atoms with van der Waals surface area (Å²) in [5.41, 5.74) is 1.77. The number of amides is 1. The molecule has 6 nitrogen and oxygen atoms in total. The van der Waals surface area contributed by atoms with E-state index in [1.165, 1.54) is 24.3 Å². The highest BCUT2D eigenvalue weighted by atomic mass is 79.9. The van der Waals surface area contributed by atoms with Gasteiger partial charge in [0, 0.05) is 14.9 Å². The number of carbonyl (C=O) groups is 1. The summed E-state index contributed by atoms with van der Waals surface area (Å²) in [7, 11) is -4.06. The second-order valence-corrected chi connectivity index (χ2v) is 9.57. The Morgan fingerprint density at radius 2 is 1.67 bits per heavy atom. The van der Waals surface area contributed by atoms with Crippen LogP contribution in [0.3, 0.4) is 0 Å². The van der Waals surface area contributed by atoms with E-state index in [1.807, 2.05) is 36.4 Å². The van der Waals surface area contributed by atoms with Crippen LogP contribution >= 0.6 is 27.5 Å². The van der Waals surface area contributed by atoms with Gasteiger partial charge < -0.3 is 0 Å². The fraction of sp³-hybridized carbons (Fsp3) is 0.0476.